The molecule has 0 unspecified atom stereocenters. The largest absolute Gasteiger partial charge is 0.360 e. The zero-order chi connectivity index (χ0) is 16.4. The molecule has 0 saturated heterocycles. The second kappa shape index (κ2) is 6.16. The van der Waals surface area contributed by atoms with Gasteiger partial charge in [0.05, 0.1) is 11.4 Å². The van der Waals surface area contributed by atoms with Gasteiger partial charge in [0.25, 0.3) is 0 Å². The average Bonchev–Trinajstić information content (AvgIpc) is 3.11. The van der Waals surface area contributed by atoms with Gasteiger partial charge < -0.3 is 9.42 Å². The molecule has 23 heavy (non-hydrogen) atoms. The van der Waals surface area contributed by atoms with E-state index in [1.807, 2.05) is 24.3 Å². The summed E-state index contributed by atoms with van der Waals surface area (Å²) < 4.78 is 29.2. The lowest BCUT2D eigenvalue weighted by atomic mass is 10.2. The van der Waals surface area contributed by atoms with Gasteiger partial charge in [0.15, 0.2) is 15.6 Å². The summed E-state index contributed by atoms with van der Waals surface area (Å²) >= 11 is 0. The van der Waals surface area contributed by atoms with Crippen molar-refractivity contribution in [2.24, 2.45) is 0 Å². The van der Waals surface area contributed by atoms with Gasteiger partial charge in [-0.1, -0.05) is 23.4 Å². The Bertz CT molecular complexity index is 826. The highest BCUT2D eigenvalue weighted by Crippen LogP contribution is 2.28. The Morgan fingerprint density at radius 2 is 2.13 bits per heavy atom. The van der Waals surface area contributed by atoms with Crippen LogP contribution in [-0.2, 0) is 26.8 Å². The van der Waals surface area contributed by atoms with Gasteiger partial charge in [0.2, 0.25) is 5.91 Å². The first-order chi connectivity index (χ1) is 10.9. The Balaban J connectivity index is 1.61. The number of sulfone groups is 1. The van der Waals surface area contributed by atoms with E-state index in [-0.39, 0.29) is 23.8 Å². The maximum Gasteiger partial charge on any atom is 0.228 e. The molecule has 0 fully saturated rings. The molecule has 0 atom stereocenters. The molecule has 3 rings (SSSR count). The first kappa shape index (κ1) is 15.7. The van der Waals surface area contributed by atoms with Crippen molar-refractivity contribution < 1.29 is 17.7 Å². The van der Waals surface area contributed by atoms with Crippen molar-refractivity contribution in [1.29, 1.82) is 0 Å². The number of fused-ring (bicyclic) bond motifs is 1. The molecule has 6 nitrogen and oxygen atoms in total. The van der Waals surface area contributed by atoms with E-state index >= 15 is 0 Å². The fraction of sp³-hybridized carbons (Fsp3) is 0.375. The molecule has 0 spiro atoms. The van der Waals surface area contributed by atoms with E-state index in [0.717, 1.165) is 17.7 Å². The van der Waals surface area contributed by atoms with Crippen LogP contribution in [-0.4, -0.2) is 31.8 Å². The van der Waals surface area contributed by atoms with Crippen LogP contribution in [0.1, 0.15) is 23.4 Å². The third kappa shape index (κ3) is 3.61. The van der Waals surface area contributed by atoms with E-state index in [1.165, 1.54) is 0 Å². The van der Waals surface area contributed by atoms with Gasteiger partial charge in [0.1, 0.15) is 5.75 Å². The average molecular weight is 334 g/mol. The molecular weight excluding hydrogens is 316 g/mol. The fourth-order valence-corrected chi connectivity index (χ4v) is 3.95. The summed E-state index contributed by atoms with van der Waals surface area (Å²) in [7, 11) is -3.40. The smallest absolute Gasteiger partial charge is 0.228 e. The number of benzene rings is 1. The molecule has 1 aromatic carbocycles. The number of carbonyl (C=O) groups is 1. The van der Waals surface area contributed by atoms with Crippen LogP contribution in [0.5, 0.6) is 0 Å². The van der Waals surface area contributed by atoms with Gasteiger partial charge in [-0.2, -0.15) is 0 Å². The van der Waals surface area contributed by atoms with Crippen molar-refractivity contribution in [3.05, 3.63) is 47.3 Å². The van der Waals surface area contributed by atoms with Crippen LogP contribution >= 0.6 is 0 Å². The lowest BCUT2D eigenvalue weighted by Crippen LogP contribution is -2.30. The second-order valence-electron chi connectivity index (χ2n) is 5.70. The van der Waals surface area contributed by atoms with Crippen molar-refractivity contribution in [2.75, 3.05) is 17.2 Å². The summed E-state index contributed by atoms with van der Waals surface area (Å²) in [5, 5.41) is 3.67. The predicted octanol–water partition coefficient (Wildman–Crippen LogP) is 1.88. The number of aryl methyl sites for hydroxylation is 1. The Hall–Kier alpha value is -2.15. The van der Waals surface area contributed by atoms with E-state index in [4.69, 9.17) is 4.52 Å². The minimum Gasteiger partial charge on any atom is -0.360 e. The van der Waals surface area contributed by atoms with Crippen molar-refractivity contribution in [2.45, 2.75) is 25.5 Å². The van der Waals surface area contributed by atoms with Crippen LogP contribution in [0.3, 0.4) is 0 Å². The van der Waals surface area contributed by atoms with Crippen molar-refractivity contribution in [3.8, 4) is 0 Å². The summed E-state index contributed by atoms with van der Waals surface area (Å²) in [6.07, 6.45) is 0.787. The SMILES string of the molecule is Cc1cc(CS(=O)(=O)CCC(=O)N2CCc3ccccc32)on1. The number of amides is 1. The van der Waals surface area contributed by atoms with Gasteiger partial charge in [-0.25, -0.2) is 8.42 Å². The molecule has 2 aromatic rings. The molecule has 1 aliphatic rings. The Morgan fingerprint density at radius 3 is 2.87 bits per heavy atom. The summed E-state index contributed by atoms with van der Waals surface area (Å²) in [5.41, 5.74) is 2.65. The molecule has 1 aromatic heterocycles. The minimum absolute atomic E-state index is 0.0240. The van der Waals surface area contributed by atoms with Gasteiger partial charge in [-0.15, -0.1) is 0 Å². The molecule has 0 radical (unpaired) electrons. The molecule has 0 bridgehead atoms. The monoisotopic (exact) mass is 334 g/mol. The summed E-state index contributed by atoms with van der Waals surface area (Å²) in [6.45, 7) is 2.34. The number of aromatic nitrogens is 1. The fourth-order valence-electron chi connectivity index (χ4n) is 2.75. The van der Waals surface area contributed by atoms with Crippen molar-refractivity contribution >= 4 is 21.4 Å². The van der Waals surface area contributed by atoms with Crippen LogP contribution < -0.4 is 4.90 Å². The van der Waals surface area contributed by atoms with E-state index in [9.17, 15) is 13.2 Å². The molecule has 1 aliphatic heterocycles. The normalized spacial score (nSPS) is 14.0. The third-order valence-electron chi connectivity index (χ3n) is 3.85. The molecule has 0 aliphatic carbocycles. The third-order valence-corrected chi connectivity index (χ3v) is 5.40. The molecule has 0 saturated carbocycles. The van der Waals surface area contributed by atoms with Crippen LogP contribution in [0.4, 0.5) is 5.69 Å². The van der Waals surface area contributed by atoms with E-state index in [1.54, 1.807) is 17.9 Å². The second-order valence-corrected chi connectivity index (χ2v) is 7.88. The van der Waals surface area contributed by atoms with E-state index in [0.29, 0.717) is 18.0 Å². The van der Waals surface area contributed by atoms with Crippen LogP contribution in [0.25, 0.3) is 0 Å². The van der Waals surface area contributed by atoms with Gasteiger partial charge >= 0.3 is 0 Å². The highest BCUT2D eigenvalue weighted by molar-refractivity contribution is 7.90. The van der Waals surface area contributed by atoms with E-state index in [2.05, 4.69) is 5.16 Å². The lowest BCUT2D eigenvalue weighted by molar-refractivity contribution is -0.118. The summed E-state index contributed by atoms with van der Waals surface area (Å²) in [6, 6.07) is 9.30. The Labute approximate surface area is 135 Å². The number of hydrogen-bond donors (Lipinski definition) is 0. The van der Waals surface area contributed by atoms with Crippen molar-refractivity contribution in [1.82, 2.24) is 5.16 Å². The standard InChI is InChI=1S/C16H18N2O4S/c1-12-10-14(22-17-12)11-23(20,21)9-7-16(19)18-8-6-13-4-2-3-5-15(13)18/h2-5,10H,6-9,11H2,1H3. The van der Waals surface area contributed by atoms with Crippen LogP contribution in [0, 0.1) is 6.92 Å². The quantitative estimate of drug-likeness (QED) is 0.834. The minimum atomic E-state index is -3.40. The van der Waals surface area contributed by atoms with Gasteiger partial charge in [-0.05, 0) is 25.0 Å². The number of carbonyl (C=O) groups excluding carboxylic acids is 1. The Morgan fingerprint density at radius 1 is 1.35 bits per heavy atom. The number of hydrogen-bond acceptors (Lipinski definition) is 5. The topological polar surface area (TPSA) is 80.5 Å². The molecule has 122 valence electrons. The number of para-hydroxylation sites is 1. The first-order valence-electron chi connectivity index (χ1n) is 7.45. The maximum atomic E-state index is 12.3. The van der Waals surface area contributed by atoms with Gasteiger partial charge in [-0.3, -0.25) is 4.79 Å². The van der Waals surface area contributed by atoms with Crippen LogP contribution in [0.2, 0.25) is 0 Å². The van der Waals surface area contributed by atoms with Crippen LogP contribution in [0.15, 0.2) is 34.9 Å². The predicted molar refractivity (Wildman–Crippen MR) is 85.8 cm³/mol. The number of nitrogens with zero attached hydrogens (tertiary/aromatic N) is 2. The zero-order valence-electron chi connectivity index (χ0n) is 12.9. The highest BCUT2D eigenvalue weighted by atomic mass is 32.2. The summed E-state index contributed by atoms with van der Waals surface area (Å²) in [4.78, 5) is 14.0. The molecule has 1 amide bonds. The first-order valence-corrected chi connectivity index (χ1v) is 9.28. The Kier molecular flexibility index (Phi) is 4.21. The molecule has 0 N–H and O–H groups in total. The zero-order valence-corrected chi connectivity index (χ0v) is 13.7. The van der Waals surface area contributed by atoms with Gasteiger partial charge in [0, 0.05) is 24.7 Å². The van der Waals surface area contributed by atoms with E-state index < -0.39 is 9.84 Å². The van der Waals surface area contributed by atoms with Crippen molar-refractivity contribution in [3.63, 3.8) is 0 Å². The number of anilines is 1. The lowest BCUT2D eigenvalue weighted by Gasteiger charge is -2.17. The number of rotatable bonds is 5. The summed E-state index contributed by atoms with van der Waals surface area (Å²) in [5.74, 6) is -0.268. The molecular formula is C16H18N2O4S. The molecule has 7 heteroatoms. The maximum absolute atomic E-state index is 12.3. The highest BCUT2D eigenvalue weighted by Gasteiger charge is 2.25. The molecule has 2 heterocycles.